The van der Waals surface area contributed by atoms with Crippen LogP contribution in [0.1, 0.15) is 24.3 Å². The smallest absolute Gasteiger partial charge is 0.186 e. The van der Waals surface area contributed by atoms with E-state index < -0.39 is 30.9 Å². The minimum absolute atomic E-state index is 0.242. The van der Waals surface area contributed by atoms with E-state index in [0.29, 0.717) is 18.6 Å². The first-order chi connectivity index (χ1) is 11.0. The Morgan fingerprint density at radius 1 is 1.43 bits per heavy atom. The summed E-state index contributed by atoms with van der Waals surface area (Å²) in [5, 5.41) is 16.6. The zero-order chi connectivity index (χ0) is 16.6. The van der Waals surface area contributed by atoms with Crippen LogP contribution >= 0.6 is 0 Å². The molecular formula is C15H18F2N2O4. The van der Waals surface area contributed by atoms with E-state index in [1.54, 1.807) is 6.92 Å². The topological polar surface area (TPSA) is 76.8 Å². The molecule has 0 spiro atoms. The first-order valence-electron chi connectivity index (χ1n) is 7.35. The maximum Gasteiger partial charge on any atom is 0.186 e. The monoisotopic (exact) mass is 328 g/mol. The van der Waals surface area contributed by atoms with Gasteiger partial charge in [-0.2, -0.15) is 0 Å². The van der Waals surface area contributed by atoms with Crippen LogP contribution in [-0.2, 0) is 9.47 Å². The number of rotatable bonds is 5. The van der Waals surface area contributed by atoms with E-state index in [-0.39, 0.29) is 22.5 Å². The summed E-state index contributed by atoms with van der Waals surface area (Å²) in [6, 6.07) is 0.681. The van der Waals surface area contributed by atoms with Gasteiger partial charge >= 0.3 is 0 Å². The van der Waals surface area contributed by atoms with Crippen LogP contribution in [0, 0.1) is 12.7 Å². The molecule has 2 aromatic rings. The van der Waals surface area contributed by atoms with Crippen molar-refractivity contribution in [2.45, 2.75) is 32.3 Å². The molecule has 0 aliphatic carbocycles. The van der Waals surface area contributed by atoms with Crippen molar-refractivity contribution in [1.82, 2.24) is 5.16 Å². The number of hydrogen-bond donors (Lipinski definition) is 2. The highest BCUT2D eigenvalue weighted by Gasteiger charge is 2.27. The van der Waals surface area contributed by atoms with Crippen molar-refractivity contribution in [3.8, 4) is 0 Å². The summed E-state index contributed by atoms with van der Waals surface area (Å²) in [6.07, 6.45) is -1.70. The Hall–Kier alpha value is -1.77. The number of alkyl halides is 1. The van der Waals surface area contributed by atoms with Gasteiger partial charge < -0.3 is 24.4 Å². The van der Waals surface area contributed by atoms with Gasteiger partial charge in [0.05, 0.1) is 30.7 Å². The summed E-state index contributed by atoms with van der Waals surface area (Å²) >= 11 is 0. The lowest BCUT2D eigenvalue weighted by Crippen LogP contribution is -2.33. The Kier molecular flexibility index (Phi) is 4.47. The molecule has 2 atom stereocenters. The number of fused-ring (bicyclic) bond motifs is 1. The van der Waals surface area contributed by atoms with Crippen LogP contribution in [-0.4, -0.2) is 42.3 Å². The van der Waals surface area contributed by atoms with Crippen LogP contribution in [0.4, 0.5) is 14.6 Å². The normalized spacial score (nSPS) is 18.5. The van der Waals surface area contributed by atoms with E-state index in [9.17, 15) is 13.9 Å². The summed E-state index contributed by atoms with van der Waals surface area (Å²) in [5.74, 6) is -0.240. The fraction of sp³-hybridized carbons (Fsp3) is 0.533. The third-order valence-electron chi connectivity index (χ3n) is 3.90. The second kappa shape index (κ2) is 6.38. The van der Waals surface area contributed by atoms with Gasteiger partial charge in [-0.25, -0.2) is 8.78 Å². The molecule has 8 heteroatoms. The average Bonchev–Trinajstić information content (AvgIpc) is 3.17. The lowest BCUT2D eigenvalue weighted by Gasteiger charge is -2.17. The Morgan fingerprint density at radius 2 is 2.13 bits per heavy atom. The van der Waals surface area contributed by atoms with Gasteiger partial charge in [0, 0.05) is 11.1 Å². The first kappa shape index (κ1) is 16.1. The van der Waals surface area contributed by atoms with Gasteiger partial charge in [0.2, 0.25) is 0 Å². The Balaban J connectivity index is 2.04. The second-order valence-corrected chi connectivity index (χ2v) is 5.53. The molecule has 0 saturated carbocycles. The van der Waals surface area contributed by atoms with Crippen molar-refractivity contribution in [1.29, 1.82) is 0 Å². The molecular weight excluding hydrogens is 310 g/mol. The number of nitrogens with one attached hydrogen (secondary N) is 1. The standard InChI is InChI=1S/C15H18F2N2O4/c1-7-12(17)9(15-21-3-4-22-15)5-10-13(7)23-19-14(10)18-11(6-16)8(2)20/h5,8,11,15,20H,3-4,6H2,1-2H3,(H,18,19)/t8-,11+/m1/s1. The number of benzene rings is 1. The van der Waals surface area contributed by atoms with E-state index >= 15 is 0 Å². The van der Waals surface area contributed by atoms with Gasteiger partial charge in [-0.05, 0) is 19.9 Å². The van der Waals surface area contributed by atoms with E-state index in [4.69, 9.17) is 14.0 Å². The fourth-order valence-corrected chi connectivity index (χ4v) is 2.51. The van der Waals surface area contributed by atoms with E-state index in [2.05, 4.69) is 10.5 Å². The maximum absolute atomic E-state index is 14.5. The highest BCUT2D eigenvalue weighted by Crippen LogP contribution is 2.35. The van der Waals surface area contributed by atoms with Gasteiger partial charge in [-0.15, -0.1) is 0 Å². The number of aliphatic hydroxyl groups excluding tert-OH is 1. The SMILES string of the molecule is Cc1c(F)c(C2OCCO2)cc2c(N[C@@H](CF)[C@@H](C)O)noc12. The Morgan fingerprint density at radius 3 is 2.74 bits per heavy atom. The molecule has 3 rings (SSSR count). The molecule has 1 aliphatic heterocycles. The Labute approximate surface area is 131 Å². The molecule has 0 bridgehead atoms. The molecule has 1 saturated heterocycles. The molecule has 0 unspecified atom stereocenters. The molecule has 1 aromatic heterocycles. The van der Waals surface area contributed by atoms with Crippen molar-refractivity contribution < 1.29 is 27.9 Å². The van der Waals surface area contributed by atoms with Crippen molar-refractivity contribution in [3.05, 3.63) is 23.0 Å². The fourth-order valence-electron chi connectivity index (χ4n) is 2.51. The second-order valence-electron chi connectivity index (χ2n) is 5.53. The highest BCUT2D eigenvalue weighted by molar-refractivity contribution is 5.91. The maximum atomic E-state index is 14.5. The van der Waals surface area contributed by atoms with Crippen LogP contribution in [0.2, 0.25) is 0 Å². The Bertz CT molecular complexity index is 698. The van der Waals surface area contributed by atoms with Crippen molar-refractivity contribution in [2.75, 3.05) is 25.2 Å². The number of halogens is 2. The molecule has 126 valence electrons. The van der Waals surface area contributed by atoms with E-state index in [1.165, 1.54) is 13.0 Å². The van der Waals surface area contributed by atoms with Gasteiger partial charge in [0.1, 0.15) is 12.5 Å². The number of hydrogen-bond acceptors (Lipinski definition) is 6. The lowest BCUT2D eigenvalue weighted by molar-refractivity contribution is -0.0464. The molecule has 0 radical (unpaired) electrons. The van der Waals surface area contributed by atoms with E-state index in [1.807, 2.05) is 0 Å². The van der Waals surface area contributed by atoms with Crippen molar-refractivity contribution >= 4 is 16.8 Å². The minimum Gasteiger partial charge on any atom is -0.391 e. The first-order valence-corrected chi connectivity index (χ1v) is 7.35. The number of aryl methyl sites for hydroxylation is 1. The average molecular weight is 328 g/mol. The molecule has 0 amide bonds. The molecule has 23 heavy (non-hydrogen) atoms. The molecule has 2 heterocycles. The summed E-state index contributed by atoms with van der Waals surface area (Å²) in [4.78, 5) is 0. The zero-order valence-electron chi connectivity index (χ0n) is 12.8. The van der Waals surface area contributed by atoms with Crippen LogP contribution in [0.3, 0.4) is 0 Å². The molecule has 1 aliphatic rings. The molecule has 1 aromatic carbocycles. The van der Waals surface area contributed by atoms with Crippen molar-refractivity contribution in [3.63, 3.8) is 0 Å². The molecule has 6 nitrogen and oxygen atoms in total. The summed E-state index contributed by atoms with van der Waals surface area (Å²) < 4.78 is 43.3. The van der Waals surface area contributed by atoms with Crippen LogP contribution < -0.4 is 5.32 Å². The number of ether oxygens (including phenoxy) is 2. The lowest BCUT2D eigenvalue weighted by atomic mass is 10.1. The predicted octanol–water partition coefficient (Wildman–Crippen LogP) is 2.45. The van der Waals surface area contributed by atoms with Gasteiger partial charge in [-0.3, -0.25) is 0 Å². The zero-order valence-corrected chi connectivity index (χ0v) is 12.8. The van der Waals surface area contributed by atoms with Crippen molar-refractivity contribution in [2.24, 2.45) is 0 Å². The summed E-state index contributed by atoms with van der Waals surface area (Å²) in [5.41, 5.74) is 0.772. The molecule has 2 N–H and O–H groups in total. The van der Waals surface area contributed by atoms with E-state index in [0.717, 1.165) is 0 Å². The molecule has 1 fully saturated rings. The number of aliphatic hydroxyl groups is 1. The third kappa shape index (κ3) is 2.89. The summed E-state index contributed by atoms with van der Waals surface area (Å²) in [7, 11) is 0. The van der Waals surface area contributed by atoms with Crippen LogP contribution in [0.15, 0.2) is 10.6 Å². The highest BCUT2D eigenvalue weighted by atomic mass is 19.1. The van der Waals surface area contributed by atoms with Gasteiger partial charge in [0.25, 0.3) is 0 Å². The minimum atomic E-state index is -0.922. The predicted molar refractivity (Wildman–Crippen MR) is 78.4 cm³/mol. The largest absolute Gasteiger partial charge is 0.391 e. The quantitative estimate of drug-likeness (QED) is 0.878. The van der Waals surface area contributed by atoms with Gasteiger partial charge in [-0.1, -0.05) is 5.16 Å². The third-order valence-corrected chi connectivity index (χ3v) is 3.90. The summed E-state index contributed by atoms with van der Waals surface area (Å²) in [6.45, 7) is 3.03. The number of nitrogens with zero attached hydrogens (tertiary/aromatic N) is 1. The van der Waals surface area contributed by atoms with Gasteiger partial charge in [0.15, 0.2) is 17.7 Å². The number of aromatic nitrogens is 1. The van der Waals surface area contributed by atoms with Crippen LogP contribution in [0.5, 0.6) is 0 Å². The number of anilines is 1. The van der Waals surface area contributed by atoms with Crippen LogP contribution in [0.25, 0.3) is 11.0 Å².